The monoisotopic (exact) mass is 492 g/mol. The largest absolute Gasteiger partial charge is 0.411 e. The second-order valence-corrected chi connectivity index (χ2v) is 8.88. The molecule has 3 rings (SSSR count). The molecular weight excluding hydrogens is 468 g/mol. The molecule has 12 heteroatoms. The number of oxime groups is 1. The molecule has 1 fully saturated rings. The van der Waals surface area contributed by atoms with Crippen LogP contribution in [0.25, 0.3) is 0 Å². The van der Waals surface area contributed by atoms with Crippen molar-refractivity contribution >= 4 is 29.4 Å². The fourth-order valence-electron chi connectivity index (χ4n) is 3.68. The molecule has 2 N–H and O–H groups in total. The average molecular weight is 493 g/mol. The van der Waals surface area contributed by atoms with Gasteiger partial charge in [0.15, 0.2) is 12.1 Å². The maximum absolute atomic E-state index is 14.4. The molecule has 1 amide bonds. The number of amides is 1. The smallest absolute Gasteiger partial charge is 0.392 e. The van der Waals surface area contributed by atoms with Gasteiger partial charge in [-0.2, -0.15) is 18.3 Å². The summed E-state index contributed by atoms with van der Waals surface area (Å²) in [6.07, 6.45) is 0.240. The fourth-order valence-corrected chi connectivity index (χ4v) is 3.75. The van der Waals surface area contributed by atoms with Crippen molar-refractivity contribution in [1.82, 2.24) is 10.3 Å². The number of hydrogen-bond acceptors (Lipinski definition) is 6. The average Bonchev–Trinajstić information content (AvgIpc) is 3.23. The van der Waals surface area contributed by atoms with Crippen LogP contribution in [0.2, 0.25) is 0 Å². The molecule has 2 heterocycles. The third kappa shape index (κ3) is 6.57. The molecule has 0 radical (unpaired) electrons. The Kier molecular flexibility index (Phi) is 7.84. The quantitative estimate of drug-likeness (QED) is 0.401. The van der Waals surface area contributed by atoms with Gasteiger partial charge in [0.05, 0.1) is 24.3 Å². The number of alkyl halides is 3. The van der Waals surface area contributed by atoms with Gasteiger partial charge in [0.2, 0.25) is 5.91 Å². The predicted octanol–water partition coefficient (Wildman–Crippen LogP) is 3.42. The van der Waals surface area contributed by atoms with Gasteiger partial charge in [0, 0.05) is 17.3 Å². The number of nitrogens with zero attached hydrogens (tertiary/aromatic N) is 3. The fraction of sp³-hybridized carbons (Fsp3) is 0.571. The Morgan fingerprint density at radius 2 is 2.15 bits per heavy atom. The highest BCUT2D eigenvalue weighted by Gasteiger charge is 2.58. The first-order chi connectivity index (χ1) is 15.5. The van der Waals surface area contributed by atoms with Crippen LogP contribution in [0, 0.1) is 11.8 Å². The minimum Gasteiger partial charge on any atom is -0.392 e. The summed E-state index contributed by atoms with van der Waals surface area (Å²) in [5.74, 6) is -4.04. The lowest BCUT2D eigenvalue weighted by Gasteiger charge is -2.33. The summed E-state index contributed by atoms with van der Waals surface area (Å²) in [4.78, 5) is 18.2. The van der Waals surface area contributed by atoms with Crippen LogP contribution >= 0.6 is 11.6 Å². The van der Waals surface area contributed by atoms with Crippen molar-refractivity contribution < 1.29 is 32.3 Å². The van der Waals surface area contributed by atoms with Gasteiger partial charge in [0.1, 0.15) is 11.7 Å². The number of halogens is 5. The summed E-state index contributed by atoms with van der Waals surface area (Å²) in [5, 5.41) is 21.0. The van der Waals surface area contributed by atoms with Crippen molar-refractivity contribution in [2.24, 2.45) is 22.1 Å². The number of hydrogen-bond donors (Lipinski definition) is 2. The molecule has 1 saturated carbocycles. The van der Waals surface area contributed by atoms with Gasteiger partial charge in [-0.1, -0.05) is 22.8 Å². The molecular formula is C21H25ClF4N4O3. The highest BCUT2D eigenvalue weighted by Crippen LogP contribution is 2.40. The van der Waals surface area contributed by atoms with Gasteiger partial charge in [-0.3, -0.25) is 9.80 Å². The molecule has 3 aliphatic rings. The molecule has 7 nitrogen and oxygen atoms in total. The Hall–Kier alpha value is -2.40. The van der Waals surface area contributed by atoms with Crippen LogP contribution in [-0.2, 0) is 9.63 Å². The van der Waals surface area contributed by atoms with E-state index in [9.17, 15) is 27.5 Å². The van der Waals surface area contributed by atoms with Crippen molar-refractivity contribution in [3.8, 4) is 0 Å². The lowest BCUT2D eigenvalue weighted by molar-refractivity contribution is -0.199. The molecule has 0 spiro atoms. The Morgan fingerprint density at radius 1 is 1.45 bits per heavy atom. The number of aliphatic hydroxyl groups is 1. The van der Waals surface area contributed by atoms with Crippen molar-refractivity contribution in [3.63, 3.8) is 0 Å². The van der Waals surface area contributed by atoms with Crippen molar-refractivity contribution in [1.29, 1.82) is 0 Å². The predicted molar refractivity (Wildman–Crippen MR) is 115 cm³/mol. The molecule has 4 unspecified atom stereocenters. The summed E-state index contributed by atoms with van der Waals surface area (Å²) in [7, 11) is 0. The van der Waals surface area contributed by atoms with E-state index < -0.39 is 48.0 Å². The van der Waals surface area contributed by atoms with Gasteiger partial charge in [-0.15, -0.1) is 0 Å². The zero-order chi connectivity index (χ0) is 24.3. The lowest BCUT2D eigenvalue weighted by atomic mass is 9.83. The zero-order valence-electron chi connectivity index (χ0n) is 18.0. The number of hydrazone groups is 1. The maximum atomic E-state index is 14.4. The first-order valence-corrected chi connectivity index (χ1v) is 10.8. The first-order valence-electron chi connectivity index (χ1n) is 10.4. The molecule has 5 atom stereocenters. The summed E-state index contributed by atoms with van der Waals surface area (Å²) in [5.41, 5.74) is -0.129. The normalized spacial score (nSPS) is 29.5. The van der Waals surface area contributed by atoms with Crippen LogP contribution in [0.4, 0.5) is 17.6 Å². The lowest BCUT2D eigenvalue weighted by Crippen LogP contribution is -2.53. The number of rotatable bonds is 8. The topological polar surface area (TPSA) is 86.5 Å². The van der Waals surface area contributed by atoms with E-state index in [0.717, 1.165) is 36.2 Å². The Balaban J connectivity index is 1.87. The van der Waals surface area contributed by atoms with E-state index in [1.165, 1.54) is 19.1 Å². The third-order valence-corrected chi connectivity index (χ3v) is 5.37. The minimum absolute atomic E-state index is 0.0760. The number of carbonyl (C=O) groups excluding carboxylic acids is 1. The third-order valence-electron chi connectivity index (χ3n) is 5.24. The molecule has 2 aliphatic heterocycles. The van der Waals surface area contributed by atoms with E-state index in [1.807, 2.05) is 0 Å². The zero-order valence-corrected chi connectivity index (χ0v) is 18.7. The molecule has 0 aromatic heterocycles. The number of carbonyl (C=O) groups is 1. The van der Waals surface area contributed by atoms with Crippen molar-refractivity contribution in [2.75, 3.05) is 6.54 Å². The molecule has 0 aromatic carbocycles. The van der Waals surface area contributed by atoms with Gasteiger partial charge >= 0.3 is 6.18 Å². The standard InChI is InChI=1S/C21H25ClF4N4O3/c1-11(22)4-3-5-13(23)8-16-17(20(32)28-14-6-7-14)18(33-29-16)15-9-27-30(10-12(2)31)19(15)21(24,25)26/h3-5,8-9,12,14-15,17-19,31H,6-7,10H2,1-2H3,(H,28,32)/b5-3-,11-4+,13-8-/t12-,15?,17?,18?,19?/m1/s1. The molecule has 1 aliphatic carbocycles. The summed E-state index contributed by atoms with van der Waals surface area (Å²) in [6, 6.07) is -2.21. The number of β-amino-alcohol motifs (C(OH)–C–C–N with tert-alkyl or cyclic N) is 1. The highest BCUT2D eigenvalue weighted by atomic mass is 35.5. The van der Waals surface area contributed by atoms with Gasteiger partial charge in [0.25, 0.3) is 0 Å². The van der Waals surface area contributed by atoms with Gasteiger partial charge in [-0.05, 0) is 44.9 Å². The van der Waals surface area contributed by atoms with Crippen LogP contribution in [0.1, 0.15) is 26.7 Å². The Labute approximate surface area is 193 Å². The molecule has 33 heavy (non-hydrogen) atoms. The van der Waals surface area contributed by atoms with E-state index >= 15 is 0 Å². The van der Waals surface area contributed by atoms with Crippen LogP contribution in [0.15, 0.2) is 45.4 Å². The van der Waals surface area contributed by atoms with Crippen LogP contribution in [0.5, 0.6) is 0 Å². The van der Waals surface area contributed by atoms with Gasteiger partial charge in [-0.25, -0.2) is 4.39 Å². The number of aliphatic hydroxyl groups excluding tert-OH is 1. The van der Waals surface area contributed by atoms with E-state index in [0.29, 0.717) is 5.03 Å². The Morgan fingerprint density at radius 3 is 2.73 bits per heavy atom. The second kappa shape index (κ2) is 10.3. The van der Waals surface area contributed by atoms with Crippen molar-refractivity contribution in [3.05, 3.63) is 35.2 Å². The Bertz CT molecular complexity index is 892. The SMILES string of the molecule is C\C(Cl)=C/C=C\C(F)=C\C1=NOC(C2C=NN(C[C@@H](C)O)C2C(F)(F)F)C1C(=O)NC1CC1. The van der Waals surface area contributed by atoms with Gasteiger partial charge < -0.3 is 15.3 Å². The minimum atomic E-state index is -4.73. The van der Waals surface area contributed by atoms with Crippen LogP contribution < -0.4 is 5.32 Å². The number of nitrogens with one attached hydrogen (secondary N) is 1. The first kappa shape index (κ1) is 25.2. The maximum Gasteiger partial charge on any atom is 0.411 e. The van der Waals surface area contributed by atoms with E-state index in [1.54, 1.807) is 6.92 Å². The molecule has 0 aromatic rings. The molecule has 0 saturated heterocycles. The molecule has 0 bridgehead atoms. The molecule has 182 valence electrons. The van der Waals surface area contributed by atoms with E-state index in [-0.39, 0.29) is 18.3 Å². The highest BCUT2D eigenvalue weighted by molar-refractivity contribution is 6.29. The van der Waals surface area contributed by atoms with Crippen LogP contribution in [-0.4, -0.2) is 65.0 Å². The summed E-state index contributed by atoms with van der Waals surface area (Å²) >= 11 is 5.68. The summed E-state index contributed by atoms with van der Waals surface area (Å²) < 4.78 is 56.2. The number of allylic oxidation sites excluding steroid dienone is 6. The summed E-state index contributed by atoms with van der Waals surface area (Å²) in [6.45, 7) is 2.59. The van der Waals surface area contributed by atoms with E-state index in [4.69, 9.17) is 16.4 Å². The van der Waals surface area contributed by atoms with Crippen molar-refractivity contribution in [2.45, 2.75) is 57.2 Å². The van der Waals surface area contributed by atoms with Crippen LogP contribution in [0.3, 0.4) is 0 Å². The van der Waals surface area contributed by atoms with E-state index in [2.05, 4.69) is 15.6 Å². The second-order valence-electron chi connectivity index (χ2n) is 8.29.